The standard InChI is InChI=1S/C29H31BrN2O3/c1-3-34-25-16-19(17-31-32-28(33)26-23-13-6-7-14-29(23,26)2)15-24(30)27(25)35-18-21-11-8-10-20-9-4-5-12-22(20)21/h4-5,8-12,15-17,23,26H,3,6-7,13-14,18H2,1-2H3,(H,32,33)/b31-17-/t23-,26-,29-/m0/s1. The van der Waals surface area contributed by atoms with E-state index in [2.05, 4.69) is 57.6 Å². The number of fused-ring (bicyclic) bond motifs is 2. The summed E-state index contributed by atoms with van der Waals surface area (Å²) in [6.45, 7) is 5.12. The first-order chi connectivity index (χ1) is 17.0. The third-order valence-electron chi connectivity index (χ3n) is 7.59. The van der Waals surface area contributed by atoms with Gasteiger partial charge in [-0.3, -0.25) is 4.79 Å². The molecule has 0 aliphatic heterocycles. The van der Waals surface area contributed by atoms with Crippen LogP contribution in [0.25, 0.3) is 10.8 Å². The maximum atomic E-state index is 12.7. The van der Waals surface area contributed by atoms with E-state index in [1.807, 2.05) is 37.3 Å². The van der Waals surface area contributed by atoms with Crippen molar-refractivity contribution < 1.29 is 14.3 Å². The van der Waals surface area contributed by atoms with Crippen LogP contribution in [0.2, 0.25) is 0 Å². The van der Waals surface area contributed by atoms with Gasteiger partial charge in [-0.15, -0.1) is 0 Å². The first-order valence-electron chi connectivity index (χ1n) is 12.4. The molecule has 1 amide bonds. The van der Waals surface area contributed by atoms with Gasteiger partial charge in [-0.05, 0) is 81.1 Å². The molecule has 0 spiro atoms. The number of carbonyl (C=O) groups excluding carboxylic acids is 1. The third-order valence-corrected chi connectivity index (χ3v) is 8.17. The zero-order chi connectivity index (χ0) is 24.4. The molecule has 0 aromatic heterocycles. The molecular weight excluding hydrogens is 504 g/mol. The van der Waals surface area contributed by atoms with Crippen LogP contribution in [0.5, 0.6) is 11.5 Å². The molecule has 1 N–H and O–H groups in total. The average molecular weight is 535 g/mol. The molecular formula is C29H31BrN2O3. The molecule has 2 aliphatic rings. The van der Waals surface area contributed by atoms with Crippen molar-refractivity contribution in [1.82, 2.24) is 5.43 Å². The number of benzene rings is 3. The van der Waals surface area contributed by atoms with Crippen molar-refractivity contribution in [3.8, 4) is 11.5 Å². The number of hydrogen-bond donors (Lipinski definition) is 1. The first-order valence-corrected chi connectivity index (χ1v) is 13.2. The lowest BCUT2D eigenvalue weighted by Gasteiger charge is -2.15. The van der Waals surface area contributed by atoms with Gasteiger partial charge >= 0.3 is 0 Å². The number of nitrogens with zero attached hydrogens (tertiary/aromatic N) is 1. The van der Waals surface area contributed by atoms with Gasteiger partial charge in [0.1, 0.15) is 6.61 Å². The molecule has 2 fully saturated rings. The smallest absolute Gasteiger partial charge is 0.244 e. The summed E-state index contributed by atoms with van der Waals surface area (Å²) >= 11 is 3.64. The van der Waals surface area contributed by atoms with E-state index in [0.717, 1.165) is 28.4 Å². The Morgan fingerprint density at radius 3 is 2.80 bits per heavy atom. The Bertz CT molecular complexity index is 1270. The van der Waals surface area contributed by atoms with Gasteiger partial charge in [0.25, 0.3) is 0 Å². The normalized spacial score (nSPS) is 23.2. The molecule has 5 nitrogen and oxygen atoms in total. The maximum Gasteiger partial charge on any atom is 0.244 e. The van der Waals surface area contributed by atoms with E-state index < -0.39 is 0 Å². The molecule has 2 aliphatic carbocycles. The van der Waals surface area contributed by atoms with E-state index in [4.69, 9.17) is 9.47 Å². The van der Waals surface area contributed by atoms with Crippen LogP contribution in [-0.2, 0) is 11.4 Å². The second kappa shape index (κ2) is 10.0. The molecule has 0 saturated heterocycles. The fraction of sp³-hybridized carbons (Fsp3) is 0.379. The van der Waals surface area contributed by atoms with Crippen molar-refractivity contribution in [3.63, 3.8) is 0 Å². The van der Waals surface area contributed by atoms with E-state index in [-0.39, 0.29) is 17.2 Å². The minimum absolute atomic E-state index is 0.0368. The highest BCUT2D eigenvalue weighted by Crippen LogP contribution is 2.66. The van der Waals surface area contributed by atoms with Gasteiger partial charge in [-0.2, -0.15) is 5.10 Å². The second-order valence-corrected chi connectivity index (χ2v) is 10.6. The van der Waals surface area contributed by atoms with Crippen molar-refractivity contribution in [3.05, 3.63) is 70.2 Å². The highest BCUT2D eigenvalue weighted by Gasteiger charge is 2.64. The molecule has 3 aromatic rings. The molecule has 182 valence electrons. The van der Waals surface area contributed by atoms with Crippen LogP contribution in [0.15, 0.2) is 64.2 Å². The molecule has 5 rings (SSSR count). The fourth-order valence-corrected chi connectivity index (χ4v) is 6.30. The highest BCUT2D eigenvalue weighted by atomic mass is 79.9. The highest BCUT2D eigenvalue weighted by molar-refractivity contribution is 9.10. The summed E-state index contributed by atoms with van der Waals surface area (Å²) in [5.74, 6) is 1.93. The van der Waals surface area contributed by atoms with Gasteiger partial charge in [0.05, 0.1) is 17.3 Å². The monoisotopic (exact) mass is 534 g/mol. The van der Waals surface area contributed by atoms with Crippen LogP contribution in [-0.4, -0.2) is 18.7 Å². The Balaban J connectivity index is 1.28. The molecule has 0 unspecified atom stereocenters. The van der Waals surface area contributed by atoms with Gasteiger partial charge in [-0.25, -0.2) is 5.43 Å². The van der Waals surface area contributed by atoms with Crippen molar-refractivity contribution in [2.75, 3.05) is 6.61 Å². The van der Waals surface area contributed by atoms with E-state index in [1.54, 1.807) is 6.21 Å². The summed E-state index contributed by atoms with van der Waals surface area (Å²) in [7, 11) is 0. The zero-order valence-corrected chi connectivity index (χ0v) is 21.8. The minimum atomic E-state index is 0.0368. The summed E-state index contributed by atoms with van der Waals surface area (Å²) in [6, 6.07) is 18.3. The Hall–Kier alpha value is -2.86. The zero-order valence-electron chi connectivity index (χ0n) is 20.2. The van der Waals surface area contributed by atoms with E-state index in [9.17, 15) is 4.79 Å². The minimum Gasteiger partial charge on any atom is -0.490 e. The van der Waals surface area contributed by atoms with Crippen molar-refractivity contribution >= 4 is 38.8 Å². The Morgan fingerprint density at radius 2 is 2.00 bits per heavy atom. The number of nitrogens with one attached hydrogen (secondary N) is 1. The lowest BCUT2D eigenvalue weighted by atomic mass is 9.90. The molecule has 3 atom stereocenters. The topological polar surface area (TPSA) is 59.9 Å². The van der Waals surface area contributed by atoms with E-state index in [0.29, 0.717) is 30.6 Å². The maximum absolute atomic E-state index is 12.7. The van der Waals surface area contributed by atoms with E-state index >= 15 is 0 Å². The number of halogens is 1. The molecule has 0 radical (unpaired) electrons. The summed E-state index contributed by atoms with van der Waals surface area (Å²) in [4.78, 5) is 12.7. The number of amides is 1. The van der Waals surface area contributed by atoms with Crippen LogP contribution in [0.3, 0.4) is 0 Å². The third kappa shape index (κ3) is 4.81. The van der Waals surface area contributed by atoms with Crippen LogP contribution in [0.4, 0.5) is 0 Å². The molecule has 0 heterocycles. The lowest BCUT2D eigenvalue weighted by molar-refractivity contribution is -0.123. The summed E-state index contributed by atoms with van der Waals surface area (Å²) in [6.07, 6.45) is 6.42. The van der Waals surface area contributed by atoms with Gasteiger partial charge in [0.2, 0.25) is 5.91 Å². The predicted molar refractivity (Wildman–Crippen MR) is 143 cm³/mol. The van der Waals surface area contributed by atoms with Gasteiger partial charge in [0, 0.05) is 5.92 Å². The first kappa shape index (κ1) is 23.9. The Labute approximate surface area is 215 Å². The molecule has 3 aromatic carbocycles. The fourth-order valence-electron chi connectivity index (χ4n) is 5.72. The number of carbonyl (C=O) groups is 1. The van der Waals surface area contributed by atoms with Crippen LogP contribution >= 0.6 is 15.9 Å². The lowest BCUT2D eigenvalue weighted by Crippen LogP contribution is -2.22. The second-order valence-electron chi connectivity index (χ2n) is 9.76. The Kier molecular flexibility index (Phi) is 6.83. The summed E-state index contributed by atoms with van der Waals surface area (Å²) in [5, 5.41) is 6.61. The Morgan fingerprint density at radius 1 is 1.17 bits per heavy atom. The molecule has 6 heteroatoms. The largest absolute Gasteiger partial charge is 0.490 e. The number of hydrogen-bond acceptors (Lipinski definition) is 4. The van der Waals surface area contributed by atoms with Crippen molar-refractivity contribution in [1.29, 1.82) is 0 Å². The average Bonchev–Trinajstić information content (AvgIpc) is 3.49. The van der Waals surface area contributed by atoms with E-state index in [1.165, 1.54) is 23.6 Å². The number of rotatable bonds is 8. The van der Waals surface area contributed by atoms with Crippen LogP contribution < -0.4 is 14.9 Å². The van der Waals surface area contributed by atoms with Gasteiger partial charge < -0.3 is 9.47 Å². The van der Waals surface area contributed by atoms with Crippen LogP contribution in [0, 0.1) is 17.3 Å². The predicted octanol–water partition coefficient (Wildman–Crippen LogP) is 6.86. The van der Waals surface area contributed by atoms with Gasteiger partial charge in [0.15, 0.2) is 11.5 Å². The summed E-state index contributed by atoms with van der Waals surface area (Å²) in [5.41, 5.74) is 4.87. The summed E-state index contributed by atoms with van der Waals surface area (Å²) < 4.78 is 12.9. The molecule has 2 saturated carbocycles. The van der Waals surface area contributed by atoms with Crippen molar-refractivity contribution in [2.24, 2.45) is 22.4 Å². The molecule has 0 bridgehead atoms. The van der Waals surface area contributed by atoms with Crippen LogP contribution in [0.1, 0.15) is 50.7 Å². The number of hydrazone groups is 1. The molecule has 35 heavy (non-hydrogen) atoms. The van der Waals surface area contributed by atoms with Gasteiger partial charge in [-0.1, -0.05) is 62.2 Å². The quantitative estimate of drug-likeness (QED) is 0.253. The van der Waals surface area contributed by atoms with Crippen molar-refractivity contribution in [2.45, 2.75) is 46.1 Å². The SMILES string of the molecule is CCOc1cc(/C=N\NC(=O)[C@@H]2[C@@H]3CCCC[C@]23C)cc(Br)c1OCc1cccc2ccccc12. The number of ether oxygens (including phenoxy) is 2.